The Morgan fingerprint density at radius 2 is 2.20 bits per heavy atom. The van der Waals surface area contributed by atoms with E-state index in [0.717, 1.165) is 0 Å². The zero-order valence-electron chi connectivity index (χ0n) is 11.4. The quantitative estimate of drug-likeness (QED) is 0.457. The van der Waals surface area contributed by atoms with Gasteiger partial charge in [-0.25, -0.2) is 0 Å². The van der Waals surface area contributed by atoms with Gasteiger partial charge in [-0.3, -0.25) is 9.59 Å². The summed E-state index contributed by atoms with van der Waals surface area (Å²) in [5.41, 5.74) is 8.53. The van der Waals surface area contributed by atoms with Crippen molar-refractivity contribution < 1.29 is 9.59 Å². The number of azide groups is 1. The van der Waals surface area contributed by atoms with Crippen LogP contribution in [-0.4, -0.2) is 42.9 Å². The average Bonchev–Trinajstić information content (AvgIpc) is 2.50. The van der Waals surface area contributed by atoms with Crippen LogP contribution in [0, 0.1) is 17.2 Å². The van der Waals surface area contributed by atoms with Crippen molar-refractivity contribution in [3.63, 3.8) is 0 Å². The highest BCUT2D eigenvalue weighted by atomic mass is 16.2. The smallest absolute Gasteiger partial charge is 0.231 e. The molecule has 0 spiro atoms. The highest BCUT2D eigenvalue weighted by molar-refractivity contribution is 5.83. The van der Waals surface area contributed by atoms with Gasteiger partial charge in [0, 0.05) is 37.4 Å². The van der Waals surface area contributed by atoms with E-state index in [9.17, 15) is 9.59 Å². The van der Waals surface area contributed by atoms with Gasteiger partial charge < -0.3 is 10.2 Å². The molecule has 0 aromatic heterocycles. The minimum Gasteiger partial charge on any atom is -0.359 e. The normalized spacial score (nSPS) is 16.7. The SMILES string of the molecule is CNC(=O)CCC(N=[N+]=[N-])C(=O)N1CCC(C#N)CC1. The fraction of sp³-hybridized carbons (Fsp3) is 0.750. The molecule has 0 saturated carbocycles. The molecule has 8 nitrogen and oxygen atoms in total. The number of amides is 2. The zero-order chi connectivity index (χ0) is 15.0. The monoisotopic (exact) mass is 278 g/mol. The third-order valence-corrected chi connectivity index (χ3v) is 3.39. The van der Waals surface area contributed by atoms with Crippen molar-refractivity contribution in [2.24, 2.45) is 11.0 Å². The molecule has 108 valence electrons. The van der Waals surface area contributed by atoms with Crippen molar-refractivity contribution in [2.75, 3.05) is 20.1 Å². The van der Waals surface area contributed by atoms with Crippen LogP contribution < -0.4 is 5.32 Å². The highest BCUT2D eigenvalue weighted by Gasteiger charge is 2.27. The molecular formula is C12H18N6O2. The maximum Gasteiger partial charge on any atom is 0.231 e. The van der Waals surface area contributed by atoms with Crippen molar-refractivity contribution in [2.45, 2.75) is 31.7 Å². The Morgan fingerprint density at radius 3 is 2.70 bits per heavy atom. The third kappa shape index (κ3) is 4.44. The molecule has 20 heavy (non-hydrogen) atoms. The van der Waals surface area contributed by atoms with E-state index < -0.39 is 6.04 Å². The van der Waals surface area contributed by atoms with Crippen LogP contribution in [0.2, 0.25) is 0 Å². The first-order valence-corrected chi connectivity index (χ1v) is 6.55. The van der Waals surface area contributed by atoms with E-state index in [1.54, 1.807) is 4.90 Å². The Balaban J connectivity index is 2.58. The van der Waals surface area contributed by atoms with Crippen LogP contribution in [0.1, 0.15) is 25.7 Å². The van der Waals surface area contributed by atoms with E-state index >= 15 is 0 Å². The van der Waals surface area contributed by atoms with Crippen molar-refractivity contribution >= 4 is 11.8 Å². The van der Waals surface area contributed by atoms with Crippen molar-refractivity contribution in [3.05, 3.63) is 10.4 Å². The maximum absolute atomic E-state index is 12.2. The van der Waals surface area contributed by atoms with Gasteiger partial charge in [0.2, 0.25) is 11.8 Å². The van der Waals surface area contributed by atoms with E-state index in [1.165, 1.54) is 7.05 Å². The molecule has 1 fully saturated rings. The van der Waals surface area contributed by atoms with Crippen molar-refractivity contribution in [1.29, 1.82) is 5.26 Å². The molecule has 0 aromatic rings. The molecule has 1 unspecified atom stereocenters. The van der Waals surface area contributed by atoms with Gasteiger partial charge in [-0.15, -0.1) is 0 Å². The summed E-state index contributed by atoms with van der Waals surface area (Å²) in [5, 5.41) is 14.8. The lowest BCUT2D eigenvalue weighted by atomic mass is 9.97. The Kier molecular flexibility index (Phi) is 6.33. The molecule has 1 atom stereocenters. The number of carbonyl (C=O) groups excluding carboxylic acids is 2. The second kappa shape index (κ2) is 8.02. The first kappa shape index (κ1) is 15.8. The number of hydrogen-bond acceptors (Lipinski definition) is 4. The maximum atomic E-state index is 12.2. The largest absolute Gasteiger partial charge is 0.359 e. The number of hydrogen-bond donors (Lipinski definition) is 1. The number of nitriles is 1. The predicted molar refractivity (Wildman–Crippen MR) is 71.2 cm³/mol. The van der Waals surface area contributed by atoms with Gasteiger partial charge in [-0.05, 0) is 24.8 Å². The second-order valence-corrected chi connectivity index (χ2v) is 4.66. The summed E-state index contributed by atoms with van der Waals surface area (Å²) in [7, 11) is 1.51. The standard InChI is InChI=1S/C12H18N6O2/c1-15-11(19)3-2-10(16-17-14)12(20)18-6-4-9(8-13)5-7-18/h9-10H,2-7H2,1H3,(H,15,19). The number of nitrogens with zero attached hydrogens (tertiary/aromatic N) is 5. The van der Waals surface area contributed by atoms with Gasteiger partial charge in [-0.1, -0.05) is 5.11 Å². The second-order valence-electron chi connectivity index (χ2n) is 4.66. The van der Waals surface area contributed by atoms with Crippen molar-refractivity contribution in [1.82, 2.24) is 10.2 Å². The van der Waals surface area contributed by atoms with E-state index in [0.29, 0.717) is 25.9 Å². The van der Waals surface area contributed by atoms with Crippen LogP contribution >= 0.6 is 0 Å². The molecule has 1 N–H and O–H groups in total. The van der Waals surface area contributed by atoms with Gasteiger partial charge in [0.1, 0.15) is 6.04 Å². The van der Waals surface area contributed by atoms with Crippen molar-refractivity contribution in [3.8, 4) is 6.07 Å². The summed E-state index contributed by atoms with van der Waals surface area (Å²) < 4.78 is 0. The van der Waals surface area contributed by atoms with Crippen LogP contribution in [0.4, 0.5) is 0 Å². The molecule has 0 radical (unpaired) electrons. The number of nitrogens with one attached hydrogen (secondary N) is 1. The molecule has 1 rings (SSSR count). The van der Waals surface area contributed by atoms with Crippen LogP contribution in [0.15, 0.2) is 5.11 Å². The number of piperidine rings is 1. The Hall–Kier alpha value is -2.26. The molecule has 1 heterocycles. The molecule has 0 aromatic carbocycles. The van der Waals surface area contributed by atoms with E-state index in [1.807, 2.05) is 0 Å². The van der Waals surface area contributed by atoms with Gasteiger partial charge in [0.15, 0.2) is 0 Å². The molecule has 8 heteroatoms. The Morgan fingerprint density at radius 1 is 1.55 bits per heavy atom. The average molecular weight is 278 g/mol. The molecule has 1 aliphatic rings. The number of likely N-dealkylation sites (tertiary alicyclic amines) is 1. The fourth-order valence-corrected chi connectivity index (χ4v) is 2.13. The zero-order valence-corrected chi connectivity index (χ0v) is 11.4. The summed E-state index contributed by atoms with van der Waals surface area (Å²) >= 11 is 0. The summed E-state index contributed by atoms with van der Waals surface area (Å²) in [6, 6.07) is 1.34. The topological polar surface area (TPSA) is 122 Å². The number of rotatable bonds is 5. The Labute approximate surface area is 117 Å². The van der Waals surface area contributed by atoms with E-state index in [2.05, 4.69) is 21.4 Å². The van der Waals surface area contributed by atoms with Gasteiger partial charge in [-0.2, -0.15) is 5.26 Å². The van der Waals surface area contributed by atoms with Gasteiger partial charge >= 0.3 is 0 Å². The first-order chi connectivity index (χ1) is 9.62. The molecule has 0 bridgehead atoms. The summed E-state index contributed by atoms with van der Waals surface area (Å²) in [6.07, 6.45) is 1.61. The van der Waals surface area contributed by atoms with Crippen LogP contribution in [-0.2, 0) is 9.59 Å². The minimum atomic E-state index is -0.851. The van der Waals surface area contributed by atoms with E-state index in [-0.39, 0.29) is 30.6 Å². The predicted octanol–water partition coefficient (Wildman–Crippen LogP) is 0.954. The fourth-order valence-electron chi connectivity index (χ4n) is 2.13. The minimum absolute atomic E-state index is 0.0113. The Bertz CT molecular complexity index is 443. The molecule has 2 amide bonds. The molecule has 1 aliphatic heterocycles. The molecule has 0 aliphatic carbocycles. The molecule has 1 saturated heterocycles. The number of carbonyl (C=O) groups is 2. The lowest BCUT2D eigenvalue weighted by Crippen LogP contribution is -2.43. The lowest BCUT2D eigenvalue weighted by Gasteiger charge is -2.31. The van der Waals surface area contributed by atoms with Gasteiger partial charge in [0.25, 0.3) is 0 Å². The van der Waals surface area contributed by atoms with E-state index in [4.69, 9.17) is 10.8 Å². The molecular weight excluding hydrogens is 260 g/mol. The first-order valence-electron chi connectivity index (χ1n) is 6.55. The third-order valence-electron chi connectivity index (χ3n) is 3.39. The summed E-state index contributed by atoms with van der Waals surface area (Å²) in [4.78, 5) is 27.7. The lowest BCUT2D eigenvalue weighted by molar-refractivity contribution is -0.134. The summed E-state index contributed by atoms with van der Waals surface area (Å²) in [6.45, 7) is 0.989. The highest BCUT2D eigenvalue weighted by Crippen LogP contribution is 2.18. The van der Waals surface area contributed by atoms with Crippen LogP contribution in [0.5, 0.6) is 0 Å². The van der Waals surface area contributed by atoms with Crippen LogP contribution in [0.3, 0.4) is 0 Å². The van der Waals surface area contributed by atoms with Crippen LogP contribution in [0.25, 0.3) is 10.4 Å². The van der Waals surface area contributed by atoms with Gasteiger partial charge in [0.05, 0.1) is 6.07 Å². The summed E-state index contributed by atoms with van der Waals surface area (Å²) in [5.74, 6) is -0.468.